The third kappa shape index (κ3) is 6.30. The van der Waals surface area contributed by atoms with E-state index in [2.05, 4.69) is 10.6 Å². The Morgan fingerprint density at radius 2 is 1.86 bits per heavy atom. The number of nitrogens with two attached hydrogens (primary N) is 1. The van der Waals surface area contributed by atoms with E-state index in [4.69, 9.17) is 10.5 Å². The minimum absolute atomic E-state index is 0.00488. The van der Waals surface area contributed by atoms with Crippen LogP contribution in [0.25, 0.3) is 0 Å². The lowest BCUT2D eigenvalue weighted by Crippen LogP contribution is -2.52. The molecule has 9 nitrogen and oxygen atoms in total. The molecule has 0 aliphatic carbocycles. The third-order valence-corrected chi connectivity index (χ3v) is 7.63. The molecule has 1 aromatic rings. The van der Waals surface area contributed by atoms with Crippen LogP contribution in [-0.4, -0.2) is 83.4 Å². The molecule has 0 spiro atoms. The molecule has 5 N–H and O–H groups in total. The molecule has 6 atom stereocenters. The van der Waals surface area contributed by atoms with Crippen molar-refractivity contribution in [1.82, 2.24) is 15.1 Å². The van der Waals surface area contributed by atoms with Crippen LogP contribution in [0.1, 0.15) is 68.8 Å². The van der Waals surface area contributed by atoms with Gasteiger partial charge in [0, 0.05) is 44.2 Å². The Kier molecular flexibility index (Phi) is 8.42. The maximum atomic E-state index is 13.7. The normalized spacial score (nSPS) is 31.6. The summed E-state index contributed by atoms with van der Waals surface area (Å²) in [5, 5.41) is 16.7. The van der Waals surface area contributed by atoms with Crippen LogP contribution in [0.3, 0.4) is 0 Å². The number of hydrogen-bond acceptors (Lipinski definition) is 7. The van der Waals surface area contributed by atoms with Gasteiger partial charge in [-0.2, -0.15) is 0 Å². The van der Waals surface area contributed by atoms with Gasteiger partial charge in [-0.25, -0.2) is 0 Å². The number of carbonyl (C=O) groups excluding carboxylic acids is 2. The molecule has 0 bridgehead atoms. The van der Waals surface area contributed by atoms with Gasteiger partial charge in [0.05, 0.1) is 29.1 Å². The molecule has 3 fully saturated rings. The lowest BCUT2D eigenvalue weighted by Gasteiger charge is -2.39. The van der Waals surface area contributed by atoms with E-state index in [0.29, 0.717) is 49.5 Å². The Labute approximate surface area is 214 Å². The molecule has 3 aliphatic heterocycles. The fourth-order valence-electron chi connectivity index (χ4n) is 5.96. The highest BCUT2D eigenvalue weighted by molar-refractivity contribution is 6.02. The Bertz CT molecular complexity index is 946. The van der Waals surface area contributed by atoms with E-state index in [1.54, 1.807) is 0 Å². The number of nitrogens with one attached hydrogen (secondary N) is 2. The smallest absolute Gasteiger partial charge is 0.256 e. The van der Waals surface area contributed by atoms with Crippen LogP contribution in [0.2, 0.25) is 0 Å². The van der Waals surface area contributed by atoms with Crippen LogP contribution in [0.4, 0.5) is 11.4 Å². The Morgan fingerprint density at radius 3 is 2.61 bits per heavy atom. The van der Waals surface area contributed by atoms with Crippen molar-refractivity contribution in [2.45, 2.75) is 90.3 Å². The summed E-state index contributed by atoms with van der Waals surface area (Å²) in [7, 11) is 0. The first kappa shape index (κ1) is 26.7. The molecular weight excluding hydrogens is 458 g/mol. The Balaban J connectivity index is 1.49. The summed E-state index contributed by atoms with van der Waals surface area (Å²) < 4.78 is 5.93. The average molecular weight is 502 g/mol. The quantitative estimate of drug-likeness (QED) is 0.468. The van der Waals surface area contributed by atoms with Crippen molar-refractivity contribution in [1.29, 1.82) is 0 Å². The van der Waals surface area contributed by atoms with Crippen molar-refractivity contribution in [3.63, 3.8) is 0 Å². The van der Waals surface area contributed by atoms with Crippen LogP contribution in [0.15, 0.2) is 12.1 Å². The zero-order chi connectivity index (χ0) is 26.0. The van der Waals surface area contributed by atoms with Crippen LogP contribution in [-0.2, 0) is 9.53 Å². The SMILES string of the molecule is Cc1cc(N)c(N[C@@H]2CCCN(C(=O)[C@H]3CC(O)N[C@@H](C)C3)C2)c(C(=O)N2CC[C@@H](C)O[C@@H](C)C2)c1. The van der Waals surface area contributed by atoms with Gasteiger partial charge in [0.2, 0.25) is 5.91 Å². The molecule has 2 amide bonds. The number of ether oxygens (including phenoxy) is 1. The molecule has 0 aromatic heterocycles. The van der Waals surface area contributed by atoms with E-state index < -0.39 is 6.23 Å². The summed E-state index contributed by atoms with van der Waals surface area (Å²) >= 11 is 0. The highest BCUT2D eigenvalue weighted by Crippen LogP contribution is 2.31. The number of nitrogen functional groups attached to an aromatic ring is 1. The van der Waals surface area contributed by atoms with Gasteiger partial charge in [-0.05, 0) is 77.5 Å². The predicted octanol–water partition coefficient (Wildman–Crippen LogP) is 2.33. The summed E-state index contributed by atoms with van der Waals surface area (Å²) in [6, 6.07) is 3.90. The van der Waals surface area contributed by atoms with Crippen LogP contribution in [0.5, 0.6) is 0 Å². The highest BCUT2D eigenvalue weighted by Gasteiger charge is 2.35. The number of aliphatic hydroxyl groups excluding tert-OH is 1. The fourth-order valence-corrected chi connectivity index (χ4v) is 5.96. The second kappa shape index (κ2) is 11.4. The number of carbonyl (C=O) groups is 2. The monoisotopic (exact) mass is 501 g/mol. The van der Waals surface area contributed by atoms with Gasteiger partial charge in [0.15, 0.2) is 0 Å². The molecule has 3 aliphatic rings. The summed E-state index contributed by atoms with van der Waals surface area (Å²) in [5.74, 6) is -0.111. The summed E-state index contributed by atoms with van der Waals surface area (Å²) in [5.41, 5.74) is 9.17. The highest BCUT2D eigenvalue weighted by atomic mass is 16.5. The molecule has 3 saturated heterocycles. The number of aliphatic hydroxyl groups is 1. The van der Waals surface area contributed by atoms with Gasteiger partial charge in [-0.3, -0.25) is 14.9 Å². The minimum atomic E-state index is -0.641. The maximum Gasteiger partial charge on any atom is 0.256 e. The maximum absolute atomic E-state index is 13.7. The van der Waals surface area contributed by atoms with Gasteiger partial charge < -0.3 is 30.7 Å². The molecule has 36 heavy (non-hydrogen) atoms. The Hall–Kier alpha value is -2.36. The molecule has 3 heterocycles. The van der Waals surface area contributed by atoms with Crippen molar-refractivity contribution in [2.24, 2.45) is 5.92 Å². The van der Waals surface area contributed by atoms with E-state index in [0.717, 1.165) is 31.2 Å². The van der Waals surface area contributed by atoms with Gasteiger partial charge in [0.25, 0.3) is 5.91 Å². The number of likely N-dealkylation sites (tertiary alicyclic amines) is 1. The van der Waals surface area contributed by atoms with Gasteiger partial charge >= 0.3 is 0 Å². The first-order valence-corrected chi connectivity index (χ1v) is 13.4. The van der Waals surface area contributed by atoms with E-state index in [1.165, 1.54) is 0 Å². The van der Waals surface area contributed by atoms with Gasteiger partial charge in [-0.15, -0.1) is 0 Å². The second-order valence-corrected chi connectivity index (χ2v) is 11.1. The first-order valence-electron chi connectivity index (χ1n) is 13.4. The van der Waals surface area contributed by atoms with E-state index in [-0.39, 0.29) is 42.0 Å². The topological polar surface area (TPSA) is 120 Å². The zero-order valence-corrected chi connectivity index (χ0v) is 22.1. The van der Waals surface area contributed by atoms with Crippen LogP contribution < -0.4 is 16.4 Å². The summed E-state index contributed by atoms with van der Waals surface area (Å²) in [6.45, 7) is 10.4. The molecule has 4 rings (SSSR count). The largest absolute Gasteiger partial charge is 0.397 e. The molecule has 1 unspecified atom stereocenters. The van der Waals surface area contributed by atoms with E-state index in [1.807, 2.05) is 49.6 Å². The molecule has 9 heteroatoms. The third-order valence-electron chi connectivity index (χ3n) is 7.63. The van der Waals surface area contributed by atoms with Crippen molar-refractivity contribution in [3.8, 4) is 0 Å². The van der Waals surface area contributed by atoms with Crippen LogP contribution >= 0.6 is 0 Å². The lowest BCUT2D eigenvalue weighted by atomic mass is 9.90. The number of anilines is 2. The number of amides is 2. The van der Waals surface area contributed by atoms with Crippen molar-refractivity contribution in [3.05, 3.63) is 23.3 Å². The fraction of sp³-hybridized carbons (Fsp3) is 0.704. The summed E-state index contributed by atoms with van der Waals surface area (Å²) in [6.07, 6.45) is 3.18. The number of benzene rings is 1. The standard InChI is InChI=1S/C27H43N5O4/c1-16-10-22(27(35)32-9-7-18(3)36-19(4)14-32)25(23(28)11-16)30-21-6-5-8-31(15-21)26(34)20-12-17(2)29-24(33)13-20/h10-11,17-21,24,29-30,33H,5-9,12-15,28H2,1-4H3/t17-,18+,19-,20+,21+,24?/m0/s1. The van der Waals surface area contributed by atoms with E-state index >= 15 is 0 Å². The zero-order valence-electron chi connectivity index (χ0n) is 22.1. The van der Waals surface area contributed by atoms with E-state index in [9.17, 15) is 14.7 Å². The van der Waals surface area contributed by atoms with Gasteiger partial charge in [0.1, 0.15) is 6.23 Å². The molecule has 200 valence electrons. The average Bonchev–Trinajstić information content (AvgIpc) is 2.99. The summed E-state index contributed by atoms with van der Waals surface area (Å²) in [4.78, 5) is 30.8. The lowest BCUT2D eigenvalue weighted by molar-refractivity contribution is -0.139. The van der Waals surface area contributed by atoms with Gasteiger partial charge in [-0.1, -0.05) is 0 Å². The number of aryl methyl sites for hydroxylation is 1. The minimum Gasteiger partial charge on any atom is -0.397 e. The first-order chi connectivity index (χ1) is 17.1. The number of nitrogens with zero attached hydrogens (tertiary/aromatic N) is 2. The van der Waals surface area contributed by atoms with Crippen LogP contribution in [0, 0.1) is 12.8 Å². The Morgan fingerprint density at radius 1 is 1.08 bits per heavy atom. The predicted molar refractivity (Wildman–Crippen MR) is 141 cm³/mol. The number of piperidine rings is 2. The molecule has 1 aromatic carbocycles. The number of hydrogen-bond donors (Lipinski definition) is 4. The van der Waals surface area contributed by atoms with Crippen molar-refractivity contribution in [2.75, 3.05) is 37.2 Å². The number of rotatable bonds is 4. The molecule has 0 saturated carbocycles. The second-order valence-electron chi connectivity index (χ2n) is 11.1. The molecular formula is C27H43N5O4. The van der Waals surface area contributed by atoms with Crippen molar-refractivity contribution < 1.29 is 19.4 Å². The molecule has 0 radical (unpaired) electrons. The van der Waals surface area contributed by atoms with Crippen molar-refractivity contribution >= 4 is 23.2 Å².